The van der Waals surface area contributed by atoms with Gasteiger partial charge < -0.3 is 5.73 Å². The number of pyridine rings is 1. The van der Waals surface area contributed by atoms with Crippen LogP contribution in [-0.2, 0) is 0 Å². The minimum atomic E-state index is 0.469. The smallest absolute Gasteiger partial charge is 0.153 e. The van der Waals surface area contributed by atoms with Crippen LogP contribution in [0.1, 0.15) is 0 Å². The average molecular weight is 195 g/mol. The van der Waals surface area contributed by atoms with Gasteiger partial charge >= 0.3 is 0 Å². The maximum absolute atomic E-state index is 5.69. The highest BCUT2D eigenvalue weighted by Crippen LogP contribution is 2.09. The molecule has 0 spiro atoms. The average Bonchev–Trinajstić information content (AvgIpc) is 2.53. The van der Waals surface area contributed by atoms with Crippen LogP contribution in [0.25, 0.3) is 5.82 Å². The van der Waals surface area contributed by atoms with Gasteiger partial charge in [0.05, 0.1) is 5.02 Å². The normalized spacial score (nSPS) is 10.2. The number of halogens is 1. The molecule has 0 saturated carbocycles. The second-order valence-corrected chi connectivity index (χ2v) is 2.96. The van der Waals surface area contributed by atoms with E-state index in [1.54, 1.807) is 35.3 Å². The summed E-state index contributed by atoms with van der Waals surface area (Å²) in [4.78, 5) is 4.07. The van der Waals surface area contributed by atoms with Crippen LogP contribution in [0.15, 0.2) is 30.6 Å². The van der Waals surface area contributed by atoms with Gasteiger partial charge in [0.15, 0.2) is 5.82 Å². The van der Waals surface area contributed by atoms with Gasteiger partial charge in [-0.3, -0.25) is 0 Å². The van der Waals surface area contributed by atoms with Crippen LogP contribution >= 0.6 is 11.6 Å². The summed E-state index contributed by atoms with van der Waals surface area (Å²) in [5.74, 6) is 1.16. The highest BCUT2D eigenvalue weighted by atomic mass is 35.5. The predicted octanol–water partition coefficient (Wildman–Crippen LogP) is 1.50. The molecule has 0 amide bonds. The molecule has 0 aliphatic rings. The Balaban J connectivity index is 2.41. The number of nitrogens with two attached hydrogens (primary N) is 1. The van der Waals surface area contributed by atoms with Crippen LogP contribution in [0.5, 0.6) is 0 Å². The summed E-state index contributed by atoms with van der Waals surface area (Å²) in [6.45, 7) is 0. The van der Waals surface area contributed by atoms with E-state index < -0.39 is 0 Å². The number of hydrogen-bond donors (Lipinski definition) is 1. The number of nitrogen functional groups attached to an aromatic ring is 1. The lowest BCUT2D eigenvalue weighted by molar-refractivity contribution is 0.852. The van der Waals surface area contributed by atoms with Gasteiger partial charge in [-0.2, -0.15) is 0 Å². The highest BCUT2D eigenvalue weighted by Gasteiger charge is 1.98. The monoisotopic (exact) mass is 194 g/mol. The predicted molar refractivity (Wildman–Crippen MR) is 50.8 cm³/mol. The lowest BCUT2D eigenvalue weighted by Crippen LogP contribution is -1.98. The Hall–Kier alpha value is -1.55. The van der Waals surface area contributed by atoms with Gasteiger partial charge in [0.2, 0.25) is 0 Å². The Kier molecular flexibility index (Phi) is 1.90. The Labute approximate surface area is 80.0 Å². The van der Waals surface area contributed by atoms with Crippen LogP contribution < -0.4 is 5.73 Å². The molecular formula is C8H7ClN4. The van der Waals surface area contributed by atoms with Crippen molar-refractivity contribution < 1.29 is 0 Å². The molecule has 2 N–H and O–H groups in total. The highest BCUT2D eigenvalue weighted by molar-refractivity contribution is 6.30. The molecule has 2 aromatic rings. The standard InChI is InChI=1S/C8H7ClN4/c9-6-1-2-8(11-5-6)13-4-3-7(10)12-13/h1-5H,(H2,10,12). The fraction of sp³-hybridized carbons (Fsp3) is 0. The first-order valence-electron chi connectivity index (χ1n) is 3.69. The first-order valence-corrected chi connectivity index (χ1v) is 4.06. The van der Waals surface area contributed by atoms with E-state index in [0.29, 0.717) is 16.7 Å². The van der Waals surface area contributed by atoms with Crippen molar-refractivity contribution in [2.75, 3.05) is 5.73 Å². The summed E-state index contributed by atoms with van der Waals surface area (Å²) in [6, 6.07) is 5.23. The van der Waals surface area contributed by atoms with E-state index in [0.717, 1.165) is 0 Å². The van der Waals surface area contributed by atoms with Crippen molar-refractivity contribution in [1.29, 1.82) is 0 Å². The van der Waals surface area contributed by atoms with Crippen LogP contribution in [-0.4, -0.2) is 14.8 Å². The third kappa shape index (κ3) is 1.62. The number of hydrogen-bond acceptors (Lipinski definition) is 3. The van der Waals surface area contributed by atoms with E-state index in [1.807, 2.05) is 0 Å². The molecule has 2 aromatic heterocycles. The van der Waals surface area contributed by atoms with Gasteiger partial charge in [-0.1, -0.05) is 11.6 Å². The van der Waals surface area contributed by atoms with Gasteiger partial charge in [0, 0.05) is 18.5 Å². The Morgan fingerprint density at radius 3 is 2.69 bits per heavy atom. The molecule has 0 aliphatic heterocycles. The zero-order valence-corrected chi connectivity index (χ0v) is 7.44. The SMILES string of the molecule is Nc1ccn(-c2ccc(Cl)cn2)n1. The van der Waals surface area contributed by atoms with Crippen LogP contribution in [0.2, 0.25) is 5.02 Å². The van der Waals surface area contributed by atoms with Crippen molar-refractivity contribution >= 4 is 17.4 Å². The lowest BCUT2D eigenvalue weighted by Gasteiger charge is -1.98. The largest absolute Gasteiger partial charge is 0.382 e. The summed E-state index contributed by atoms with van der Waals surface area (Å²) < 4.78 is 1.59. The van der Waals surface area contributed by atoms with Gasteiger partial charge in [-0.15, -0.1) is 5.10 Å². The fourth-order valence-corrected chi connectivity index (χ4v) is 1.08. The maximum Gasteiger partial charge on any atom is 0.153 e. The molecule has 0 aromatic carbocycles. The van der Waals surface area contributed by atoms with E-state index >= 15 is 0 Å². The van der Waals surface area contributed by atoms with E-state index in [-0.39, 0.29) is 0 Å². The minimum absolute atomic E-state index is 0.469. The Bertz CT molecular complexity index is 406. The zero-order chi connectivity index (χ0) is 9.26. The number of nitrogens with zero attached hydrogens (tertiary/aromatic N) is 3. The van der Waals surface area contributed by atoms with Crippen LogP contribution in [0.3, 0.4) is 0 Å². The molecule has 4 nitrogen and oxygen atoms in total. The summed E-state index contributed by atoms with van der Waals surface area (Å²) >= 11 is 5.69. The summed E-state index contributed by atoms with van der Waals surface area (Å²) in [7, 11) is 0. The molecule has 0 unspecified atom stereocenters. The molecule has 2 heterocycles. The van der Waals surface area contributed by atoms with E-state index in [9.17, 15) is 0 Å². The summed E-state index contributed by atoms with van der Waals surface area (Å²) in [5, 5.41) is 4.60. The Morgan fingerprint density at radius 2 is 2.15 bits per heavy atom. The molecule has 0 bridgehead atoms. The molecule has 0 fully saturated rings. The van der Waals surface area contributed by atoms with Gasteiger partial charge in [-0.25, -0.2) is 9.67 Å². The van der Waals surface area contributed by atoms with Crippen LogP contribution in [0, 0.1) is 0 Å². The van der Waals surface area contributed by atoms with Crippen LogP contribution in [0.4, 0.5) is 5.82 Å². The van der Waals surface area contributed by atoms with Gasteiger partial charge in [0.25, 0.3) is 0 Å². The van der Waals surface area contributed by atoms with E-state index in [4.69, 9.17) is 17.3 Å². The zero-order valence-electron chi connectivity index (χ0n) is 6.68. The number of rotatable bonds is 1. The van der Waals surface area contributed by atoms with E-state index in [1.165, 1.54) is 0 Å². The fourth-order valence-electron chi connectivity index (χ4n) is 0.969. The van der Waals surface area contributed by atoms with Gasteiger partial charge in [0.1, 0.15) is 5.82 Å². The van der Waals surface area contributed by atoms with Crippen molar-refractivity contribution in [3.05, 3.63) is 35.6 Å². The molecule has 0 radical (unpaired) electrons. The second-order valence-electron chi connectivity index (χ2n) is 2.52. The molecule has 2 rings (SSSR count). The molecule has 0 atom stereocenters. The topological polar surface area (TPSA) is 56.7 Å². The molecule has 0 saturated heterocycles. The lowest BCUT2D eigenvalue weighted by atomic mass is 10.5. The molecule has 0 aliphatic carbocycles. The second kappa shape index (κ2) is 3.06. The molecule has 13 heavy (non-hydrogen) atoms. The first-order chi connectivity index (χ1) is 6.25. The van der Waals surface area contributed by atoms with Gasteiger partial charge in [-0.05, 0) is 12.1 Å². The molecule has 66 valence electrons. The number of aromatic nitrogens is 3. The Morgan fingerprint density at radius 1 is 1.31 bits per heavy atom. The quantitative estimate of drug-likeness (QED) is 0.749. The van der Waals surface area contributed by atoms with Crippen molar-refractivity contribution in [3.8, 4) is 5.82 Å². The van der Waals surface area contributed by atoms with Crippen molar-refractivity contribution in [2.24, 2.45) is 0 Å². The van der Waals surface area contributed by atoms with Crippen molar-refractivity contribution in [2.45, 2.75) is 0 Å². The number of anilines is 1. The maximum atomic E-state index is 5.69. The summed E-state index contributed by atoms with van der Waals surface area (Å²) in [6.07, 6.45) is 3.31. The van der Waals surface area contributed by atoms with Crippen molar-refractivity contribution in [3.63, 3.8) is 0 Å². The molecule has 5 heteroatoms. The first kappa shape index (κ1) is 8.07. The van der Waals surface area contributed by atoms with Crippen molar-refractivity contribution in [1.82, 2.24) is 14.8 Å². The third-order valence-corrected chi connectivity index (χ3v) is 1.78. The third-order valence-electron chi connectivity index (χ3n) is 1.56. The molecular weight excluding hydrogens is 188 g/mol. The van der Waals surface area contributed by atoms with E-state index in [2.05, 4.69) is 10.1 Å². The minimum Gasteiger partial charge on any atom is -0.382 e. The summed E-state index contributed by atoms with van der Waals surface area (Å²) in [5.41, 5.74) is 5.46.